The molecule has 0 heterocycles. The van der Waals surface area contributed by atoms with E-state index < -0.39 is 10.0 Å². The average molecular weight is 334 g/mol. The molecule has 0 spiro atoms. The Morgan fingerprint density at radius 2 is 1.77 bits per heavy atom. The van der Waals surface area contributed by atoms with Gasteiger partial charge in [-0.1, -0.05) is 24.3 Å². The molecule has 0 amide bonds. The van der Waals surface area contributed by atoms with Gasteiger partial charge in [-0.3, -0.25) is 0 Å². The Bertz CT molecular complexity index is 782. The molecule has 0 aromatic heterocycles. The summed E-state index contributed by atoms with van der Waals surface area (Å²) in [6, 6.07) is 13.0. The SMILES string of the molecule is CSc1ccc(/C=N\NS(=O)(=O)c2cc(C)ccc2C)cc1. The third-order valence-corrected chi connectivity index (χ3v) is 5.24. The van der Waals surface area contributed by atoms with Crippen molar-refractivity contribution in [2.75, 3.05) is 6.26 Å². The zero-order valence-electron chi connectivity index (χ0n) is 12.7. The molecule has 4 nitrogen and oxygen atoms in total. The molecule has 116 valence electrons. The third-order valence-electron chi connectivity index (χ3n) is 3.14. The van der Waals surface area contributed by atoms with Gasteiger partial charge in [0.1, 0.15) is 0 Å². The number of sulfonamides is 1. The van der Waals surface area contributed by atoms with Gasteiger partial charge >= 0.3 is 0 Å². The van der Waals surface area contributed by atoms with Crippen LogP contribution >= 0.6 is 11.8 Å². The quantitative estimate of drug-likeness (QED) is 0.518. The molecular weight excluding hydrogens is 316 g/mol. The summed E-state index contributed by atoms with van der Waals surface area (Å²) < 4.78 is 24.5. The summed E-state index contributed by atoms with van der Waals surface area (Å²) in [5.41, 5.74) is 2.42. The molecule has 22 heavy (non-hydrogen) atoms. The van der Waals surface area contributed by atoms with E-state index in [2.05, 4.69) is 9.93 Å². The molecule has 2 rings (SSSR count). The Morgan fingerprint density at radius 3 is 2.41 bits per heavy atom. The Hall–Kier alpha value is -1.79. The summed E-state index contributed by atoms with van der Waals surface area (Å²) >= 11 is 1.65. The zero-order valence-corrected chi connectivity index (χ0v) is 14.3. The maximum absolute atomic E-state index is 12.3. The van der Waals surface area contributed by atoms with E-state index in [0.717, 1.165) is 16.0 Å². The number of thioether (sulfide) groups is 1. The van der Waals surface area contributed by atoms with Crippen molar-refractivity contribution in [3.05, 3.63) is 59.2 Å². The zero-order chi connectivity index (χ0) is 16.2. The lowest BCUT2D eigenvalue weighted by atomic mass is 10.2. The number of hydrazone groups is 1. The predicted molar refractivity (Wildman–Crippen MR) is 92.1 cm³/mol. The van der Waals surface area contributed by atoms with Crippen molar-refractivity contribution in [3.8, 4) is 0 Å². The highest BCUT2D eigenvalue weighted by molar-refractivity contribution is 7.98. The van der Waals surface area contributed by atoms with Crippen molar-refractivity contribution in [1.29, 1.82) is 0 Å². The maximum Gasteiger partial charge on any atom is 0.276 e. The van der Waals surface area contributed by atoms with E-state index in [9.17, 15) is 8.42 Å². The van der Waals surface area contributed by atoms with Gasteiger partial charge in [-0.05, 0) is 55.0 Å². The van der Waals surface area contributed by atoms with Gasteiger partial charge in [0.05, 0.1) is 11.1 Å². The van der Waals surface area contributed by atoms with Crippen LogP contribution < -0.4 is 4.83 Å². The second kappa shape index (κ2) is 6.98. The first-order valence-corrected chi connectivity index (χ1v) is 9.39. The van der Waals surface area contributed by atoms with E-state index >= 15 is 0 Å². The highest BCUT2D eigenvalue weighted by Crippen LogP contribution is 2.16. The van der Waals surface area contributed by atoms with Crippen molar-refractivity contribution < 1.29 is 8.42 Å². The molecule has 0 unspecified atom stereocenters. The number of benzene rings is 2. The fourth-order valence-corrected chi connectivity index (χ4v) is 3.44. The molecular formula is C16H18N2O2S2. The normalized spacial score (nSPS) is 11.8. The maximum atomic E-state index is 12.3. The minimum Gasteiger partial charge on any atom is -0.200 e. The number of rotatable bonds is 5. The van der Waals surface area contributed by atoms with Gasteiger partial charge in [0.2, 0.25) is 0 Å². The van der Waals surface area contributed by atoms with Crippen molar-refractivity contribution >= 4 is 28.0 Å². The van der Waals surface area contributed by atoms with Gasteiger partial charge in [-0.15, -0.1) is 11.8 Å². The van der Waals surface area contributed by atoms with Gasteiger partial charge in [-0.25, -0.2) is 4.83 Å². The van der Waals surface area contributed by atoms with Crippen LogP contribution in [0.1, 0.15) is 16.7 Å². The van der Waals surface area contributed by atoms with Crippen LogP contribution in [-0.4, -0.2) is 20.9 Å². The highest BCUT2D eigenvalue weighted by Gasteiger charge is 2.15. The van der Waals surface area contributed by atoms with Crippen molar-refractivity contribution in [2.24, 2.45) is 5.10 Å². The molecule has 1 N–H and O–H groups in total. The largest absolute Gasteiger partial charge is 0.276 e. The van der Waals surface area contributed by atoms with Crippen LogP contribution in [0, 0.1) is 13.8 Å². The minimum atomic E-state index is -3.65. The van der Waals surface area contributed by atoms with Gasteiger partial charge < -0.3 is 0 Å². The number of aryl methyl sites for hydroxylation is 2. The molecule has 0 saturated heterocycles. The molecule has 0 atom stereocenters. The molecule has 2 aromatic rings. The van der Waals surface area contributed by atoms with E-state index in [-0.39, 0.29) is 4.90 Å². The standard InChI is InChI=1S/C16H18N2O2S2/c1-12-4-5-13(2)16(10-12)22(19,20)18-17-11-14-6-8-15(21-3)9-7-14/h4-11,18H,1-3H3/b17-11-. The molecule has 0 bridgehead atoms. The second-order valence-corrected chi connectivity index (χ2v) is 7.40. The Labute approximate surface area is 135 Å². The van der Waals surface area contributed by atoms with Crippen LogP contribution in [0.5, 0.6) is 0 Å². The minimum absolute atomic E-state index is 0.252. The van der Waals surface area contributed by atoms with Gasteiger partial charge in [0.25, 0.3) is 10.0 Å². The van der Waals surface area contributed by atoms with Crippen LogP contribution in [0.25, 0.3) is 0 Å². The van der Waals surface area contributed by atoms with E-state index in [1.54, 1.807) is 30.8 Å². The third kappa shape index (κ3) is 4.11. The predicted octanol–water partition coefficient (Wildman–Crippen LogP) is 3.34. The average Bonchev–Trinajstić information content (AvgIpc) is 2.50. The lowest BCUT2D eigenvalue weighted by Crippen LogP contribution is -2.19. The smallest absolute Gasteiger partial charge is 0.200 e. The number of hydrogen-bond donors (Lipinski definition) is 1. The van der Waals surface area contributed by atoms with Crippen molar-refractivity contribution in [1.82, 2.24) is 4.83 Å². The summed E-state index contributed by atoms with van der Waals surface area (Å²) in [5.74, 6) is 0. The van der Waals surface area contributed by atoms with Crippen LogP contribution in [-0.2, 0) is 10.0 Å². The molecule has 0 fully saturated rings. The van der Waals surface area contributed by atoms with Crippen LogP contribution in [0.15, 0.2) is 57.4 Å². The van der Waals surface area contributed by atoms with Gasteiger partial charge in [0, 0.05) is 4.90 Å². The molecule has 0 radical (unpaired) electrons. The van der Waals surface area contributed by atoms with Crippen molar-refractivity contribution in [2.45, 2.75) is 23.6 Å². The molecule has 0 aliphatic carbocycles. The van der Waals surface area contributed by atoms with E-state index in [1.807, 2.05) is 43.5 Å². The summed E-state index contributed by atoms with van der Waals surface area (Å²) in [6.45, 7) is 3.62. The summed E-state index contributed by atoms with van der Waals surface area (Å²) in [6.07, 6.45) is 3.49. The summed E-state index contributed by atoms with van der Waals surface area (Å²) in [4.78, 5) is 3.66. The highest BCUT2D eigenvalue weighted by atomic mass is 32.2. The number of nitrogens with zero attached hydrogens (tertiary/aromatic N) is 1. The van der Waals surface area contributed by atoms with Crippen LogP contribution in [0.3, 0.4) is 0 Å². The summed E-state index contributed by atoms with van der Waals surface area (Å²) in [5, 5.41) is 3.85. The van der Waals surface area contributed by atoms with E-state index in [0.29, 0.717) is 5.56 Å². The monoisotopic (exact) mass is 334 g/mol. The number of nitrogens with one attached hydrogen (secondary N) is 1. The Morgan fingerprint density at radius 1 is 1.09 bits per heavy atom. The molecule has 6 heteroatoms. The summed E-state index contributed by atoms with van der Waals surface area (Å²) in [7, 11) is -3.65. The Balaban J connectivity index is 2.15. The fraction of sp³-hybridized carbons (Fsp3) is 0.188. The first-order valence-electron chi connectivity index (χ1n) is 6.68. The van der Waals surface area contributed by atoms with Crippen LogP contribution in [0.2, 0.25) is 0 Å². The van der Waals surface area contributed by atoms with E-state index in [4.69, 9.17) is 0 Å². The Kier molecular flexibility index (Phi) is 5.26. The second-order valence-electron chi connectivity index (χ2n) is 4.90. The molecule has 0 saturated carbocycles. The first-order chi connectivity index (χ1) is 10.4. The molecule has 2 aromatic carbocycles. The number of hydrogen-bond acceptors (Lipinski definition) is 4. The van der Waals surface area contributed by atoms with Crippen LogP contribution in [0.4, 0.5) is 0 Å². The lowest BCUT2D eigenvalue weighted by Gasteiger charge is -2.07. The first kappa shape index (κ1) is 16.6. The topological polar surface area (TPSA) is 58.5 Å². The molecule has 0 aliphatic rings. The van der Waals surface area contributed by atoms with Gasteiger partial charge in [-0.2, -0.15) is 13.5 Å². The van der Waals surface area contributed by atoms with Crippen molar-refractivity contribution in [3.63, 3.8) is 0 Å². The van der Waals surface area contributed by atoms with E-state index in [1.165, 1.54) is 6.21 Å². The fourth-order valence-electron chi connectivity index (χ4n) is 1.91. The van der Waals surface area contributed by atoms with Gasteiger partial charge in [0.15, 0.2) is 0 Å². The lowest BCUT2D eigenvalue weighted by molar-refractivity contribution is 0.584. The molecule has 0 aliphatic heterocycles.